The molecule has 0 spiro atoms. The Labute approximate surface area is 307 Å². The summed E-state index contributed by atoms with van der Waals surface area (Å²) in [6.45, 7) is 2.13. The molecule has 53 heavy (non-hydrogen) atoms. The monoisotopic (exact) mass is 679 g/mol. The molecule has 4 nitrogen and oxygen atoms in total. The maximum atomic E-state index is 6.38. The fourth-order valence-corrected chi connectivity index (χ4v) is 7.45. The average Bonchev–Trinajstić information content (AvgIpc) is 3.73. The van der Waals surface area contributed by atoms with Gasteiger partial charge in [0.15, 0.2) is 5.84 Å². The number of aliphatic imine (C=N–C) groups is 2. The fraction of sp³-hybridized carbons (Fsp3) is 0.0204. The maximum Gasteiger partial charge on any atom is 0.160 e. The van der Waals surface area contributed by atoms with Gasteiger partial charge >= 0.3 is 0 Å². The van der Waals surface area contributed by atoms with E-state index in [9.17, 15) is 0 Å². The lowest BCUT2D eigenvalue weighted by Gasteiger charge is -2.10. The third-order valence-corrected chi connectivity index (χ3v) is 10.1. The molecule has 0 radical (unpaired) electrons. The summed E-state index contributed by atoms with van der Waals surface area (Å²) in [6, 6.07) is 57.5. The number of aryl methyl sites for hydroxylation is 1. The van der Waals surface area contributed by atoms with Crippen LogP contribution in [0.5, 0.6) is 0 Å². The molecule has 0 saturated carbocycles. The smallest absolute Gasteiger partial charge is 0.160 e. The van der Waals surface area contributed by atoms with E-state index in [0.717, 1.165) is 66.9 Å². The van der Waals surface area contributed by atoms with Gasteiger partial charge < -0.3 is 8.98 Å². The standard InChI is InChI=1S/C49H33N3O/c1-32-19-24-38(25-20-32)52-45-18-9-8-15-39(45)40-29-35(21-26-46(40)52)36-22-27-47-41(30-36)42-31-37(23-28-48(42)53-47)44-17-10-16-43(33-11-4-2-5-12-33)50-49(51-44)34-13-6-3-7-14-34/h2-31H,1H3/b16-10+,17-10?,43-16?,44-17+,50-43+,50-49?,51-44?,51-49-. The van der Waals surface area contributed by atoms with Crippen molar-refractivity contribution in [3.63, 3.8) is 0 Å². The first-order valence-electron chi connectivity index (χ1n) is 17.9. The summed E-state index contributed by atoms with van der Waals surface area (Å²) in [7, 11) is 0. The summed E-state index contributed by atoms with van der Waals surface area (Å²) in [6.07, 6.45) is 6.16. The lowest BCUT2D eigenvalue weighted by Crippen LogP contribution is -2.06. The molecular weight excluding hydrogens is 647 g/mol. The summed E-state index contributed by atoms with van der Waals surface area (Å²) in [5.74, 6) is 0.665. The highest BCUT2D eigenvalue weighted by Crippen LogP contribution is 2.38. The van der Waals surface area contributed by atoms with Crippen LogP contribution in [0.25, 0.3) is 66.3 Å². The van der Waals surface area contributed by atoms with Crippen molar-refractivity contribution in [1.82, 2.24) is 4.57 Å². The zero-order chi connectivity index (χ0) is 35.3. The average molecular weight is 680 g/mol. The maximum absolute atomic E-state index is 6.38. The number of aromatic nitrogens is 1. The molecule has 4 heteroatoms. The van der Waals surface area contributed by atoms with Gasteiger partial charge in [0.2, 0.25) is 0 Å². The van der Waals surface area contributed by atoms with Gasteiger partial charge in [0, 0.05) is 43.9 Å². The third-order valence-electron chi connectivity index (χ3n) is 10.1. The van der Waals surface area contributed by atoms with Crippen molar-refractivity contribution in [1.29, 1.82) is 0 Å². The summed E-state index contributed by atoms with van der Waals surface area (Å²) in [5.41, 5.74) is 13.5. The van der Waals surface area contributed by atoms with Gasteiger partial charge in [0.1, 0.15) is 11.2 Å². The van der Waals surface area contributed by atoms with Gasteiger partial charge in [0.25, 0.3) is 0 Å². The highest BCUT2D eigenvalue weighted by molar-refractivity contribution is 6.18. The van der Waals surface area contributed by atoms with E-state index in [-0.39, 0.29) is 0 Å². The molecule has 0 aliphatic carbocycles. The number of rotatable bonds is 5. The normalized spacial score (nSPS) is 16.8. The molecule has 0 fully saturated rings. The van der Waals surface area contributed by atoms with E-state index >= 15 is 0 Å². The Balaban J connectivity index is 1.07. The lowest BCUT2D eigenvalue weighted by atomic mass is 10.00. The van der Waals surface area contributed by atoms with E-state index in [2.05, 4.69) is 151 Å². The minimum atomic E-state index is 0.665. The van der Waals surface area contributed by atoms with Crippen molar-refractivity contribution in [2.75, 3.05) is 0 Å². The van der Waals surface area contributed by atoms with Crippen molar-refractivity contribution < 1.29 is 4.42 Å². The first-order valence-corrected chi connectivity index (χ1v) is 17.9. The molecule has 0 bridgehead atoms. The number of allylic oxidation sites excluding steroid dienone is 3. The SMILES string of the molecule is Cc1ccc(-n2c3ccccc3c3cc(-c4ccc5oc6ccc(C7=C\C=C\C(c8ccccc8)=N/C(c8ccccc8)=N\7)cc6c5c4)ccc32)cc1. The van der Waals surface area contributed by atoms with Crippen LogP contribution in [0.15, 0.2) is 196 Å². The quantitative estimate of drug-likeness (QED) is 0.179. The van der Waals surface area contributed by atoms with E-state index in [1.807, 2.05) is 42.5 Å². The van der Waals surface area contributed by atoms with Gasteiger partial charge in [-0.1, -0.05) is 115 Å². The summed E-state index contributed by atoms with van der Waals surface area (Å²) < 4.78 is 8.74. The van der Waals surface area contributed by atoms with Gasteiger partial charge in [-0.05, 0) is 90.9 Å². The molecular formula is C49H33N3O. The zero-order valence-corrected chi connectivity index (χ0v) is 29.1. The van der Waals surface area contributed by atoms with Gasteiger partial charge in [0.05, 0.1) is 22.4 Å². The summed E-state index contributed by atoms with van der Waals surface area (Å²) in [4.78, 5) is 10.3. The van der Waals surface area contributed by atoms with Crippen LogP contribution in [0.1, 0.15) is 22.3 Å². The van der Waals surface area contributed by atoms with Crippen LogP contribution in [-0.2, 0) is 0 Å². The Kier molecular flexibility index (Phi) is 7.33. The molecule has 0 saturated heterocycles. The summed E-state index contributed by atoms with van der Waals surface area (Å²) >= 11 is 0. The second-order valence-electron chi connectivity index (χ2n) is 13.5. The predicted octanol–water partition coefficient (Wildman–Crippen LogP) is 12.5. The molecule has 0 amide bonds. The number of benzene rings is 7. The van der Waals surface area contributed by atoms with Crippen LogP contribution in [0.4, 0.5) is 0 Å². The molecule has 0 N–H and O–H groups in total. The van der Waals surface area contributed by atoms with Crippen molar-refractivity contribution >= 4 is 61.0 Å². The van der Waals surface area contributed by atoms with Gasteiger partial charge in [-0.25, -0.2) is 9.98 Å². The number of hydrogen-bond donors (Lipinski definition) is 0. The Morgan fingerprint density at radius 2 is 1.08 bits per heavy atom. The fourth-order valence-electron chi connectivity index (χ4n) is 7.45. The molecule has 7 aromatic carbocycles. The number of amidine groups is 1. The number of hydrogen-bond acceptors (Lipinski definition) is 3. The highest BCUT2D eigenvalue weighted by atomic mass is 16.3. The molecule has 1 aliphatic heterocycles. The third kappa shape index (κ3) is 5.49. The van der Waals surface area contributed by atoms with E-state index in [1.165, 1.54) is 27.4 Å². The number of fused-ring (bicyclic) bond motifs is 6. The first-order chi connectivity index (χ1) is 26.2. The Hall–Kier alpha value is -7.04. The van der Waals surface area contributed by atoms with Crippen LogP contribution in [0.2, 0.25) is 0 Å². The van der Waals surface area contributed by atoms with Crippen molar-refractivity contribution in [3.05, 3.63) is 204 Å². The number of para-hydroxylation sites is 1. The van der Waals surface area contributed by atoms with E-state index < -0.39 is 0 Å². The largest absolute Gasteiger partial charge is 0.456 e. The summed E-state index contributed by atoms with van der Waals surface area (Å²) in [5, 5.41) is 4.59. The van der Waals surface area contributed by atoms with Crippen LogP contribution >= 0.6 is 0 Å². The lowest BCUT2D eigenvalue weighted by molar-refractivity contribution is 0.669. The molecule has 0 unspecified atom stereocenters. The second kappa shape index (κ2) is 12.6. The van der Waals surface area contributed by atoms with Crippen molar-refractivity contribution in [2.45, 2.75) is 6.92 Å². The van der Waals surface area contributed by atoms with Crippen LogP contribution < -0.4 is 0 Å². The van der Waals surface area contributed by atoms with Crippen molar-refractivity contribution in [2.24, 2.45) is 9.98 Å². The minimum absolute atomic E-state index is 0.665. The van der Waals surface area contributed by atoms with E-state index in [4.69, 9.17) is 14.4 Å². The topological polar surface area (TPSA) is 42.8 Å². The van der Waals surface area contributed by atoms with E-state index in [0.29, 0.717) is 5.84 Å². The molecule has 2 aromatic heterocycles. The second-order valence-corrected chi connectivity index (χ2v) is 13.5. The van der Waals surface area contributed by atoms with Crippen LogP contribution in [-0.4, -0.2) is 16.1 Å². The molecule has 9 aromatic rings. The van der Waals surface area contributed by atoms with Crippen molar-refractivity contribution in [3.8, 4) is 16.8 Å². The van der Waals surface area contributed by atoms with Gasteiger partial charge in [-0.2, -0.15) is 0 Å². The Morgan fingerprint density at radius 1 is 0.472 bits per heavy atom. The molecule has 1 aliphatic rings. The zero-order valence-electron chi connectivity index (χ0n) is 29.1. The van der Waals surface area contributed by atoms with Gasteiger partial charge in [-0.3, -0.25) is 0 Å². The molecule has 3 heterocycles. The Bertz CT molecular complexity index is 2980. The number of furan rings is 1. The molecule has 250 valence electrons. The highest BCUT2D eigenvalue weighted by Gasteiger charge is 2.16. The van der Waals surface area contributed by atoms with Crippen LogP contribution in [0, 0.1) is 6.92 Å². The molecule has 10 rings (SSSR count). The van der Waals surface area contributed by atoms with Crippen LogP contribution in [0.3, 0.4) is 0 Å². The molecule has 0 atom stereocenters. The first kappa shape index (κ1) is 30.8. The predicted molar refractivity (Wildman–Crippen MR) is 221 cm³/mol. The Morgan fingerprint density at radius 3 is 1.83 bits per heavy atom. The minimum Gasteiger partial charge on any atom is -0.456 e. The van der Waals surface area contributed by atoms with E-state index in [1.54, 1.807) is 0 Å². The van der Waals surface area contributed by atoms with Gasteiger partial charge in [-0.15, -0.1) is 0 Å². The number of nitrogens with zero attached hydrogens (tertiary/aromatic N) is 3.